The SMILES string of the molecule is N#Cc1ccc(Cl)c(Nc2ccc(C(N)=O)cc2N)c1. The minimum atomic E-state index is -0.548. The Bertz CT molecular complexity index is 722. The van der Waals surface area contributed by atoms with Crippen LogP contribution in [0.3, 0.4) is 0 Å². The number of hydrogen-bond acceptors (Lipinski definition) is 4. The fourth-order valence-corrected chi connectivity index (χ4v) is 1.83. The van der Waals surface area contributed by atoms with Crippen LogP contribution in [0.1, 0.15) is 15.9 Å². The summed E-state index contributed by atoms with van der Waals surface area (Å²) < 4.78 is 0. The van der Waals surface area contributed by atoms with Gasteiger partial charge in [-0.15, -0.1) is 0 Å². The molecule has 5 N–H and O–H groups in total. The largest absolute Gasteiger partial charge is 0.397 e. The Morgan fingerprint density at radius 2 is 1.95 bits per heavy atom. The molecule has 0 aliphatic heterocycles. The third-order valence-corrected chi connectivity index (χ3v) is 3.03. The zero-order valence-corrected chi connectivity index (χ0v) is 11.1. The highest BCUT2D eigenvalue weighted by Crippen LogP contribution is 2.29. The summed E-state index contributed by atoms with van der Waals surface area (Å²) in [6.45, 7) is 0. The lowest BCUT2D eigenvalue weighted by atomic mass is 10.1. The second kappa shape index (κ2) is 5.51. The van der Waals surface area contributed by atoms with E-state index in [0.29, 0.717) is 33.2 Å². The Labute approximate surface area is 120 Å². The van der Waals surface area contributed by atoms with Crippen LogP contribution in [-0.4, -0.2) is 5.91 Å². The quantitative estimate of drug-likeness (QED) is 0.754. The van der Waals surface area contributed by atoms with Gasteiger partial charge in [0.2, 0.25) is 5.91 Å². The number of nitriles is 1. The molecule has 0 fully saturated rings. The summed E-state index contributed by atoms with van der Waals surface area (Å²) in [5, 5.41) is 12.4. The number of amides is 1. The minimum Gasteiger partial charge on any atom is -0.397 e. The Kier molecular flexibility index (Phi) is 3.78. The number of nitrogens with two attached hydrogens (primary N) is 2. The summed E-state index contributed by atoms with van der Waals surface area (Å²) in [7, 11) is 0. The van der Waals surface area contributed by atoms with Crippen molar-refractivity contribution in [2.45, 2.75) is 0 Å². The van der Waals surface area contributed by atoms with Crippen molar-refractivity contribution >= 4 is 34.6 Å². The van der Waals surface area contributed by atoms with E-state index >= 15 is 0 Å². The van der Waals surface area contributed by atoms with Crippen molar-refractivity contribution in [1.82, 2.24) is 0 Å². The molecule has 0 aromatic heterocycles. The first-order valence-corrected chi connectivity index (χ1v) is 6.05. The fraction of sp³-hybridized carbons (Fsp3) is 0. The second-order valence-electron chi connectivity index (χ2n) is 4.10. The van der Waals surface area contributed by atoms with Gasteiger partial charge in [-0.2, -0.15) is 5.26 Å². The van der Waals surface area contributed by atoms with Gasteiger partial charge >= 0.3 is 0 Å². The van der Waals surface area contributed by atoms with Crippen molar-refractivity contribution in [3.05, 3.63) is 52.5 Å². The maximum absolute atomic E-state index is 11.0. The molecule has 0 spiro atoms. The van der Waals surface area contributed by atoms with Crippen LogP contribution in [0.15, 0.2) is 36.4 Å². The van der Waals surface area contributed by atoms with Gasteiger partial charge in [0.25, 0.3) is 0 Å². The van der Waals surface area contributed by atoms with Crippen LogP contribution in [0.4, 0.5) is 17.1 Å². The molecule has 0 bridgehead atoms. The smallest absolute Gasteiger partial charge is 0.248 e. The number of carbonyl (C=O) groups is 1. The molecule has 0 aliphatic carbocycles. The Balaban J connectivity index is 2.35. The monoisotopic (exact) mass is 286 g/mol. The first kappa shape index (κ1) is 13.7. The average molecular weight is 287 g/mol. The van der Waals surface area contributed by atoms with Crippen LogP contribution in [0.5, 0.6) is 0 Å². The van der Waals surface area contributed by atoms with E-state index in [4.69, 9.17) is 28.3 Å². The molecule has 100 valence electrons. The van der Waals surface area contributed by atoms with E-state index in [1.165, 1.54) is 6.07 Å². The predicted octanol–water partition coefficient (Wildman–Crippen LogP) is 2.64. The van der Waals surface area contributed by atoms with E-state index in [9.17, 15) is 4.79 Å². The highest BCUT2D eigenvalue weighted by molar-refractivity contribution is 6.33. The third-order valence-electron chi connectivity index (χ3n) is 2.70. The van der Waals surface area contributed by atoms with Gasteiger partial charge in [0, 0.05) is 5.56 Å². The molecule has 0 unspecified atom stereocenters. The number of anilines is 3. The molecule has 2 aromatic rings. The number of rotatable bonds is 3. The molecule has 0 saturated heterocycles. The van der Waals surface area contributed by atoms with Crippen LogP contribution >= 0.6 is 11.6 Å². The topological polar surface area (TPSA) is 105 Å². The molecule has 2 rings (SSSR count). The summed E-state index contributed by atoms with van der Waals surface area (Å²) in [6, 6.07) is 11.5. The lowest BCUT2D eigenvalue weighted by Gasteiger charge is -2.11. The zero-order chi connectivity index (χ0) is 14.7. The average Bonchev–Trinajstić information content (AvgIpc) is 2.43. The molecular formula is C14H11ClN4O. The number of halogens is 1. The van der Waals surface area contributed by atoms with Crippen LogP contribution in [-0.2, 0) is 0 Å². The van der Waals surface area contributed by atoms with Gasteiger partial charge < -0.3 is 16.8 Å². The van der Waals surface area contributed by atoms with Gasteiger partial charge in [0.05, 0.1) is 33.7 Å². The summed E-state index contributed by atoms with van der Waals surface area (Å²) in [5.74, 6) is -0.548. The van der Waals surface area contributed by atoms with E-state index < -0.39 is 5.91 Å². The third kappa shape index (κ3) is 2.82. The summed E-state index contributed by atoms with van der Waals surface area (Å²) in [5.41, 5.74) is 13.3. The molecule has 20 heavy (non-hydrogen) atoms. The lowest BCUT2D eigenvalue weighted by Crippen LogP contribution is -2.11. The number of nitrogen functional groups attached to an aromatic ring is 1. The minimum absolute atomic E-state index is 0.324. The molecule has 2 aromatic carbocycles. The lowest BCUT2D eigenvalue weighted by molar-refractivity contribution is 0.100. The van der Waals surface area contributed by atoms with Crippen molar-refractivity contribution in [3.63, 3.8) is 0 Å². The number of nitrogens with one attached hydrogen (secondary N) is 1. The number of hydrogen-bond donors (Lipinski definition) is 3. The highest BCUT2D eigenvalue weighted by Gasteiger charge is 2.07. The fourth-order valence-electron chi connectivity index (χ4n) is 1.67. The molecule has 0 saturated carbocycles. The van der Waals surface area contributed by atoms with Crippen LogP contribution < -0.4 is 16.8 Å². The molecule has 0 heterocycles. The maximum atomic E-state index is 11.0. The Morgan fingerprint density at radius 3 is 2.55 bits per heavy atom. The summed E-state index contributed by atoms with van der Waals surface area (Å²) >= 11 is 6.05. The zero-order valence-electron chi connectivity index (χ0n) is 10.4. The van der Waals surface area contributed by atoms with Crippen molar-refractivity contribution in [2.75, 3.05) is 11.1 Å². The van der Waals surface area contributed by atoms with Gasteiger partial charge in [-0.25, -0.2) is 0 Å². The maximum Gasteiger partial charge on any atom is 0.248 e. The number of carbonyl (C=O) groups excluding carboxylic acids is 1. The first-order valence-electron chi connectivity index (χ1n) is 5.67. The van der Waals surface area contributed by atoms with E-state index in [-0.39, 0.29) is 0 Å². The van der Waals surface area contributed by atoms with Crippen molar-refractivity contribution in [3.8, 4) is 6.07 Å². The standard InChI is InChI=1S/C14H11ClN4O/c15-10-3-1-8(7-16)5-13(10)19-12-4-2-9(14(18)20)6-11(12)17/h1-6,19H,17H2,(H2,18,20). The summed E-state index contributed by atoms with van der Waals surface area (Å²) in [4.78, 5) is 11.0. The normalized spacial score (nSPS) is 9.80. The van der Waals surface area contributed by atoms with Crippen LogP contribution in [0.25, 0.3) is 0 Å². The summed E-state index contributed by atoms with van der Waals surface area (Å²) in [6.07, 6.45) is 0. The molecule has 0 radical (unpaired) electrons. The molecule has 0 aliphatic rings. The Morgan fingerprint density at radius 1 is 1.20 bits per heavy atom. The predicted molar refractivity (Wildman–Crippen MR) is 78.8 cm³/mol. The molecule has 5 nitrogen and oxygen atoms in total. The van der Waals surface area contributed by atoms with Gasteiger partial charge in [0.15, 0.2) is 0 Å². The van der Waals surface area contributed by atoms with E-state index in [1.807, 2.05) is 6.07 Å². The molecular weight excluding hydrogens is 276 g/mol. The van der Waals surface area contributed by atoms with Crippen LogP contribution in [0, 0.1) is 11.3 Å². The second-order valence-corrected chi connectivity index (χ2v) is 4.50. The molecule has 0 atom stereocenters. The van der Waals surface area contributed by atoms with E-state index in [1.54, 1.807) is 30.3 Å². The molecule has 1 amide bonds. The number of benzene rings is 2. The Hall–Kier alpha value is -2.71. The van der Waals surface area contributed by atoms with E-state index in [2.05, 4.69) is 5.32 Å². The van der Waals surface area contributed by atoms with Gasteiger partial charge in [-0.05, 0) is 36.4 Å². The van der Waals surface area contributed by atoms with Crippen molar-refractivity contribution < 1.29 is 4.79 Å². The van der Waals surface area contributed by atoms with Crippen molar-refractivity contribution in [2.24, 2.45) is 5.73 Å². The van der Waals surface area contributed by atoms with Gasteiger partial charge in [-0.3, -0.25) is 4.79 Å². The molecule has 6 heteroatoms. The number of primary amides is 1. The van der Waals surface area contributed by atoms with Gasteiger partial charge in [-0.1, -0.05) is 11.6 Å². The highest BCUT2D eigenvalue weighted by atomic mass is 35.5. The van der Waals surface area contributed by atoms with Crippen LogP contribution in [0.2, 0.25) is 5.02 Å². The van der Waals surface area contributed by atoms with E-state index in [0.717, 1.165) is 0 Å². The number of nitrogens with zero attached hydrogens (tertiary/aromatic N) is 1. The van der Waals surface area contributed by atoms with Crippen molar-refractivity contribution in [1.29, 1.82) is 5.26 Å². The first-order chi connectivity index (χ1) is 9.51. The van der Waals surface area contributed by atoms with Gasteiger partial charge in [0.1, 0.15) is 0 Å².